The van der Waals surface area contributed by atoms with Crippen LogP contribution in [-0.2, 0) is 0 Å². The van der Waals surface area contributed by atoms with Crippen LogP contribution in [0.15, 0.2) is 0 Å². The minimum atomic E-state index is 0.285. The summed E-state index contributed by atoms with van der Waals surface area (Å²) >= 11 is 31.3. The fraction of sp³-hybridized carbons (Fsp3) is 1.00. The van der Waals surface area contributed by atoms with Crippen molar-refractivity contribution in [3.8, 4) is 0 Å². The molecule has 0 spiro atoms. The van der Waals surface area contributed by atoms with Crippen molar-refractivity contribution in [3.05, 3.63) is 0 Å². The lowest BCUT2D eigenvalue weighted by Gasteiger charge is -1.95. The lowest BCUT2D eigenvalue weighted by atomic mass is 10.6. The van der Waals surface area contributed by atoms with Crippen molar-refractivity contribution in [1.29, 1.82) is 0 Å². The Kier molecular flexibility index (Phi) is 12.4. The summed E-state index contributed by atoms with van der Waals surface area (Å²) in [7, 11) is 0. The van der Waals surface area contributed by atoms with Crippen molar-refractivity contribution in [2.24, 2.45) is 0 Å². The number of hydrogen-bond acceptors (Lipinski definition) is 11. The van der Waals surface area contributed by atoms with Crippen molar-refractivity contribution < 1.29 is 0 Å². The van der Waals surface area contributed by atoms with Gasteiger partial charge >= 0.3 is 0 Å². The molecular formula is C16H30S11. The Morgan fingerprint density at radius 2 is 1.07 bits per heavy atom. The number of hydrogen-bond donors (Lipinski definition) is 4. The van der Waals surface area contributed by atoms with E-state index in [0.29, 0.717) is 0 Å². The average Bonchev–Trinajstić information content (AvgIpc) is 3.52. The molecule has 4 saturated heterocycles. The number of thiol groups is 4. The Bertz CT molecular complexity index is 418. The molecule has 0 N–H and O–H groups in total. The zero-order valence-corrected chi connectivity index (χ0v) is 25.2. The van der Waals surface area contributed by atoms with Crippen LogP contribution in [0.1, 0.15) is 27.7 Å². The van der Waals surface area contributed by atoms with E-state index in [4.69, 9.17) is 0 Å². The van der Waals surface area contributed by atoms with Gasteiger partial charge in [-0.3, -0.25) is 0 Å². The van der Waals surface area contributed by atoms with E-state index in [1.807, 2.05) is 35.3 Å². The molecule has 0 bridgehead atoms. The van der Waals surface area contributed by atoms with Gasteiger partial charge in [0, 0.05) is 22.0 Å². The second kappa shape index (κ2) is 12.4. The van der Waals surface area contributed by atoms with Gasteiger partial charge in [0.05, 0.1) is 26.5 Å². The highest BCUT2D eigenvalue weighted by molar-refractivity contribution is 8.36. The molecule has 160 valence electrons. The van der Waals surface area contributed by atoms with Crippen LogP contribution in [0, 0.1) is 0 Å². The van der Waals surface area contributed by atoms with E-state index >= 15 is 0 Å². The smallest absolute Gasteiger partial charge is 0.0775 e. The van der Waals surface area contributed by atoms with Crippen LogP contribution in [0.2, 0.25) is 0 Å². The van der Waals surface area contributed by atoms with Crippen LogP contribution in [0.4, 0.5) is 0 Å². The van der Waals surface area contributed by atoms with Gasteiger partial charge in [0.1, 0.15) is 0 Å². The van der Waals surface area contributed by atoms with Crippen molar-refractivity contribution >= 4 is 133 Å². The predicted octanol–water partition coefficient (Wildman–Crippen LogP) is 7.38. The Balaban J connectivity index is 0.000000149. The SMILES string of the molecule is CC1SC1SC1SC1(C)S.CC1SC1SC1SC1(C)S.SCCSCCS. The van der Waals surface area contributed by atoms with E-state index in [9.17, 15) is 0 Å². The molecule has 4 fully saturated rings. The van der Waals surface area contributed by atoms with Crippen molar-refractivity contribution in [1.82, 2.24) is 0 Å². The maximum Gasteiger partial charge on any atom is 0.0775 e. The van der Waals surface area contributed by atoms with Crippen LogP contribution in [0.25, 0.3) is 0 Å². The minimum Gasteiger partial charge on any atom is -0.179 e. The van der Waals surface area contributed by atoms with Crippen LogP contribution >= 0.6 is 133 Å². The topological polar surface area (TPSA) is 0 Å². The van der Waals surface area contributed by atoms with Gasteiger partial charge in [-0.05, 0) is 25.4 Å². The highest BCUT2D eigenvalue weighted by Gasteiger charge is 2.53. The standard InChI is InChI=1S/2C6H10S4.C4H10S3/c2*1-3-4(8-3)9-5-6(2,7)10-5;5-1-3-7-4-2-6/h2*3-5,7H,1-2H3;5-6H,1-4H2. The van der Waals surface area contributed by atoms with Crippen LogP contribution in [0.3, 0.4) is 0 Å². The lowest BCUT2D eigenvalue weighted by Crippen LogP contribution is -1.96. The molecule has 4 aliphatic heterocycles. The summed E-state index contributed by atoms with van der Waals surface area (Å²) in [5.41, 5.74) is 0. The number of rotatable bonds is 8. The summed E-state index contributed by atoms with van der Waals surface area (Å²) in [5, 5.41) is 1.80. The molecule has 0 radical (unpaired) electrons. The summed E-state index contributed by atoms with van der Waals surface area (Å²) in [4.78, 5) is 0. The zero-order chi connectivity index (χ0) is 20.2. The normalized spacial score (nSPS) is 45.8. The molecule has 27 heavy (non-hydrogen) atoms. The molecule has 0 amide bonds. The third kappa shape index (κ3) is 11.0. The van der Waals surface area contributed by atoms with Gasteiger partial charge in [-0.25, -0.2) is 0 Å². The summed E-state index contributed by atoms with van der Waals surface area (Å²) in [6.07, 6.45) is 0. The van der Waals surface area contributed by atoms with E-state index in [2.05, 4.69) is 125 Å². The van der Waals surface area contributed by atoms with E-state index < -0.39 is 0 Å². The van der Waals surface area contributed by atoms with Crippen LogP contribution in [-0.4, -0.2) is 60.0 Å². The van der Waals surface area contributed by atoms with E-state index in [1.54, 1.807) is 0 Å². The largest absolute Gasteiger partial charge is 0.179 e. The molecule has 11 heteroatoms. The maximum absolute atomic E-state index is 4.49. The quantitative estimate of drug-likeness (QED) is 0.134. The minimum absolute atomic E-state index is 0.285. The first-order chi connectivity index (χ1) is 12.6. The third-order valence-corrected chi connectivity index (χ3v) is 18.1. The van der Waals surface area contributed by atoms with Gasteiger partial charge in [-0.15, -0.1) is 70.6 Å². The molecule has 4 rings (SSSR count). The fourth-order valence-electron chi connectivity index (χ4n) is 1.77. The number of thioether (sulfide) groups is 7. The second-order valence-electron chi connectivity index (χ2n) is 6.76. The first-order valence-electron chi connectivity index (χ1n) is 8.82. The lowest BCUT2D eigenvalue weighted by molar-refractivity contribution is 1.12. The molecule has 0 aromatic rings. The Hall–Kier alpha value is 3.85. The van der Waals surface area contributed by atoms with Gasteiger partial charge in [0.25, 0.3) is 0 Å². The molecule has 0 aliphatic carbocycles. The molecule has 8 atom stereocenters. The first kappa shape index (κ1) is 27.1. The summed E-state index contributed by atoms with van der Waals surface area (Å²) < 4.78 is 3.86. The van der Waals surface area contributed by atoms with E-state index in [0.717, 1.165) is 51.8 Å². The molecule has 8 unspecified atom stereocenters. The Morgan fingerprint density at radius 3 is 1.26 bits per heavy atom. The highest BCUT2D eigenvalue weighted by atomic mass is 32.3. The van der Waals surface area contributed by atoms with Crippen molar-refractivity contribution in [2.75, 3.05) is 23.0 Å². The van der Waals surface area contributed by atoms with E-state index in [1.165, 1.54) is 0 Å². The summed E-state index contributed by atoms with van der Waals surface area (Å²) in [6.45, 7) is 9.00. The van der Waals surface area contributed by atoms with E-state index in [-0.39, 0.29) is 8.16 Å². The predicted molar refractivity (Wildman–Crippen MR) is 159 cm³/mol. The van der Waals surface area contributed by atoms with Gasteiger partial charge < -0.3 is 0 Å². The van der Waals surface area contributed by atoms with Crippen LogP contribution < -0.4 is 0 Å². The van der Waals surface area contributed by atoms with Gasteiger partial charge in [0.2, 0.25) is 0 Å². The molecule has 0 aromatic heterocycles. The van der Waals surface area contributed by atoms with Crippen LogP contribution in [0.5, 0.6) is 0 Å². The highest BCUT2D eigenvalue weighted by Crippen LogP contribution is 2.67. The Labute approximate surface area is 218 Å². The zero-order valence-electron chi connectivity index (χ0n) is 15.9. The van der Waals surface area contributed by atoms with Gasteiger partial charge in [-0.1, -0.05) is 13.8 Å². The molecule has 0 aromatic carbocycles. The Morgan fingerprint density at radius 1 is 0.778 bits per heavy atom. The molecule has 0 saturated carbocycles. The molecule has 4 aliphatic rings. The summed E-state index contributed by atoms with van der Waals surface area (Å²) in [6, 6.07) is 0. The molecule has 4 heterocycles. The molecule has 0 nitrogen and oxygen atoms in total. The van der Waals surface area contributed by atoms with Crippen molar-refractivity contribution in [2.45, 2.75) is 64.7 Å². The third-order valence-electron chi connectivity index (χ3n) is 3.75. The van der Waals surface area contributed by atoms with Gasteiger partial charge in [0.15, 0.2) is 0 Å². The van der Waals surface area contributed by atoms with Crippen molar-refractivity contribution in [3.63, 3.8) is 0 Å². The molecular weight excluding hydrogens is 545 g/mol. The first-order valence-corrected chi connectivity index (χ1v) is 17.7. The monoisotopic (exact) mass is 574 g/mol. The van der Waals surface area contributed by atoms with Gasteiger partial charge in [-0.2, -0.15) is 62.3 Å². The maximum atomic E-state index is 4.49. The summed E-state index contributed by atoms with van der Waals surface area (Å²) in [5.74, 6) is 4.28. The average molecular weight is 575 g/mol. The second-order valence-corrected chi connectivity index (χ2v) is 21.2. The fourth-order valence-corrected chi connectivity index (χ4v) is 13.0.